The lowest BCUT2D eigenvalue weighted by Gasteiger charge is -2.14. The number of ether oxygens (including phenoxy) is 1. The summed E-state index contributed by atoms with van der Waals surface area (Å²) in [5, 5.41) is 3.98. The number of hydrogen-bond donors (Lipinski definition) is 1. The Labute approximate surface area is 124 Å². The highest BCUT2D eigenvalue weighted by Gasteiger charge is 2.29. The van der Waals surface area contributed by atoms with Crippen molar-refractivity contribution in [3.05, 3.63) is 41.0 Å². The van der Waals surface area contributed by atoms with Gasteiger partial charge in [-0.1, -0.05) is 23.4 Å². The Bertz CT molecular complexity index is 618. The van der Waals surface area contributed by atoms with Gasteiger partial charge in [0, 0.05) is 12.0 Å². The van der Waals surface area contributed by atoms with Crippen molar-refractivity contribution in [3.8, 4) is 5.75 Å². The van der Waals surface area contributed by atoms with E-state index >= 15 is 0 Å². The normalized spacial score (nSPS) is 16.0. The van der Waals surface area contributed by atoms with E-state index in [1.165, 1.54) is 0 Å². The van der Waals surface area contributed by atoms with E-state index in [2.05, 4.69) is 16.2 Å². The molecule has 2 aromatic rings. The molecule has 0 amide bonds. The van der Waals surface area contributed by atoms with Crippen LogP contribution in [-0.2, 0) is 13.0 Å². The summed E-state index contributed by atoms with van der Waals surface area (Å²) in [5.74, 6) is 2.70. The van der Waals surface area contributed by atoms with Gasteiger partial charge in [0.05, 0.1) is 0 Å². The van der Waals surface area contributed by atoms with Gasteiger partial charge in [0.2, 0.25) is 11.7 Å². The van der Waals surface area contributed by atoms with E-state index in [1.807, 2.05) is 26.0 Å². The molecule has 5 nitrogen and oxygen atoms in total. The van der Waals surface area contributed by atoms with Crippen LogP contribution < -0.4 is 10.5 Å². The zero-order chi connectivity index (χ0) is 14.8. The van der Waals surface area contributed by atoms with Crippen molar-refractivity contribution < 1.29 is 9.26 Å². The van der Waals surface area contributed by atoms with Crippen LogP contribution >= 0.6 is 0 Å². The summed E-state index contributed by atoms with van der Waals surface area (Å²) in [4.78, 5) is 4.38. The molecule has 1 aromatic heterocycles. The number of aryl methyl sites for hydroxylation is 1. The first kappa shape index (κ1) is 14.1. The number of benzene rings is 1. The minimum Gasteiger partial charge on any atom is -0.485 e. The molecule has 5 heteroatoms. The molecule has 0 radical (unpaired) electrons. The van der Waals surface area contributed by atoms with E-state index in [1.54, 1.807) is 0 Å². The fourth-order valence-corrected chi connectivity index (χ4v) is 2.39. The van der Waals surface area contributed by atoms with Gasteiger partial charge in [0.25, 0.3) is 0 Å². The molecule has 3 rings (SSSR count). The van der Waals surface area contributed by atoms with Gasteiger partial charge < -0.3 is 15.0 Å². The number of rotatable bonds is 6. The number of nitrogens with zero attached hydrogens (tertiary/aromatic N) is 2. The Kier molecular flexibility index (Phi) is 3.92. The zero-order valence-electron chi connectivity index (χ0n) is 12.5. The van der Waals surface area contributed by atoms with Gasteiger partial charge in [-0.3, -0.25) is 0 Å². The minimum atomic E-state index is 0.0980. The molecule has 0 saturated heterocycles. The summed E-state index contributed by atoms with van der Waals surface area (Å²) < 4.78 is 11.2. The van der Waals surface area contributed by atoms with Crippen molar-refractivity contribution in [2.45, 2.75) is 51.7 Å². The van der Waals surface area contributed by atoms with E-state index in [9.17, 15) is 0 Å². The van der Waals surface area contributed by atoms with Crippen LogP contribution in [0.25, 0.3) is 0 Å². The summed E-state index contributed by atoms with van der Waals surface area (Å²) in [6, 6.07) is 6.21. The minimum absolute atomic E-state index is 0.0980. The van der Waals surface area contributed by atoms with Crippen molar-refractivity contribution in [2.24, 2.45) is 5.73 Å². The third-order valence-electron chi connectivity index (χ3n) is 3.59. The smallest absolute Gasteiger partial charge is 0.229 e. The Morgan fingerprint density at radius 1 is 1.43 bits per heavy atom. The van der Waals surface area contributed by atoms with Crippen LogP contribution in [0.4, 0.5) is 0 Å². The molecule has 112 valence electrons. The summed E-state index contributed by atoms with van der Waals surface area (Å²) in [6.07, 6.45) is 3.09. The SMILES string of the molecule is Cc1cccc(CC(C)N)c1OCc1noc(C2CC2)n1. The number of para-hydroxylation sites is 1. The second-order valence-electron chi connectivity index (χ2n) is 5.86. The predicted octanol–water partition coefficient (Wildman–Crippen LogP) is 2.72. The van der Waals surface area contributed by atoms with Gasteiger partial charge in [-0.05, 0) is 44.2 Å². The van der Waals surface area contributed by atoms with Crippen molar-refractivity contribution in [1.29, 1.82) is 0 Å². The molecule has 1 saturated carbocycles. The molecule has 1 unspecified atom stereocenters. The van der Waals surface area contributed by atoms with E-state index in [0.29, 0.717) is 18.3 Å². The number of hydrogen-bond acceptors (Lipinski definition) is 5. The fraction of sp³-hybridized carbons (Fsp3) is 0.500. The molecule has 0 bridgehead atoms. The predicted molar refractivity (Wildman–Crippen MR) is 79.1 cm³/mol. The molecule has 1 aromatic carbocycles. The maximum Gasteiger partial charge on any atom is 0.229 e. The van der Waals surface area contributed by atoms with Crippen LogP contribution in [-0.4, -0.2) is 16.2 Å². The maximum atomic E-state index is 5.93. The lowest BCUT2D eigenvalue weighted by molar-refractivity contribution is 0.280. The molecule has 2 N–H and O–H groups in total. The molecule has 0 aliphatic heterocycles. The second-order valence-corrected chi connectivity index (χ2v) is 5.86. The standard InChI is InChI=1S/C16H21N3O2/c1-10-4-3-5-13(8-11(2)17)15(10)20-9-14-18-16(21-19-14)12-6-7-12/h3-5,11-12H,6-9,17H2,1-2H3. The Morgan fingerprint density at radius 2 is 2.24 bits per heavy atom. The van der Waals surface area contributed by atoms with Crippen LogP contribution in [0.1, 0.15) is 48.5 Å². The van der Waals surface area contributed by atoms with Crippen LogP contribution in [0.15, 0.2) is 22.7 Å². The quantitative estimate of drug-likeness (QED) is 0.884. The molecule has 1 fully saturated rings. The van der Waals surface area contributed by atoms with E-state index in [4.69, 9.17) is 15.0 Å². The summed E-state index contributed by atoms with van der Waals surface area (Å²) in [7, 11) is 0. The molecular formula is C16H21N3O2. The molecule has 1 atom stereocenters. The Morgan fingerprint density at radius 3 is 2.95 bits per heavy atom. The maximum absolute atomic E-state index is 5.93. The molecule has 0 spiro atoms. The van der Waals surface area contributed by atoms with Crippen LogP contribution in [0.5, 0.6) is 5.75 Å². The van der Waals surface area contributed by atoms with Crippen molar-refractivity contribution >= 4 is 0 Å². The summed E-state index contributed by atoms with van der Waals surface area (Å²) >= 11 is 0. The first-order valence-corrected chi connectivity index (χ1v) is 7.43. The lowest BCUT2D eigenvalue weighted by Crippen LogP contribution is -2.18. The Balaban J connectivity index is 1.71. The van der Waals surface area contributed by atoms with Crippen molar-refractivity contribution in [1.82, 2.24) is 10.1 Å². The van der Waals surface area contributed by atoms with Crippen LogP contribution in [0, 0.1) is 6.92 Å². The van der Waals surface area contributed by atoms with Crippen LogP contribution in [0.3, 0.4) is 0 Å². The number of aromatic nitrogens is 2. The largest absolute Gasteiger partial charge is 0.485 e. The second kappa shape index (κ2) is 5.85. The van der Waals surface area contributed by atoms with Crippen molar-refractivity contribution in [3.63, 3.8) is 0 Å². The van der Waals surface area contributed by atoms with Gasteiger partial charge >= 0.3 is 0 Å². The average Bonchev–Trinajstić information content (AvgIpc) is 3.17. The molecule has 1 aliphatic carbocycles. The monoisotopic (exact) mass is 287 g/mol. The first-order chi connectivity index (χ1) is 10.1. The lowest BCUT2D eigenvalue weighted by atomic mass is 10.0. The number of nitrogens with two attached hydrogens (primary N) is 1. The van der Waals surface area contributed by atoms with Gasteiger partial charge in [-0.25, -0.2) is 0 Å². The average molecular weight is 287 g/mol. The highest BCUT2D eigenvalue weighted by atomic mass is 16.5. The van der Waals surface area contributed by atoms with Crippen molar-refractivity contribution in [2.75, 3.05) is 0 Å². The molecular weight excluding hydrogens is 266 g/mol. The summed E-state index contributed by atoms with van der Waals surface area (Å²) in [6.45, 7) is 4.35. The van der Waals surface area contributed by atoms with Gasteiger partial charge in [-0.15, -0.1) is 0 Å². The Hall–Kier alpha value is -1.88. The van der Waals surface area contributed by atoms with E-state index in [0.717, 1.165) is 42.0 Å². The molecule has 21 heavy (non-hydrogen) atoms. The van der Waals surface area contributed by atoms with Crippen LogP contribution in [0.2, 0.25) is 0 Å². The third-order valence-corrected chi connectivity index (χ3v) is 3.59. The summed E-state index contributed by atoms with van der Waals surface area (Å²) in [5.41, 5.74) is 8.12. The highest BCUT2D eigenvalue weighted by molar-refractivity contribution is 5.41. The molecule has 1 heterocycles. The topological polar surface area (TPSA) is 74.2 Å². The third kappa shape index (κ3) is 3.42. The molecule has 1 aliphatic rings. The van der Waals surface area contributed by atoms with Gasteiger partial charge in [0.1, 0.15) is 5.75 Å². The highest BCUT2D eigenvalue weighted by Crippen LogP contribution is 2.38. The zero-order valence-corrected chi connectivity index (χ0v) is 12.5. The first-order valence-electron chi connectivity index (χ1n) is 7.43. The fourth-order valence-electron chi connectivity index (χ4n) is 2.39. The van der Waals surface area contributed by atoms with Gasteiger partial charge in [0.15, 0.2) is 6.61 Å². The van der Waals surface area contributed by atoms with E-state index < -0.39 is 0 Å². The van der Waals surface area contributed by atoms with Gasteiger partial charge in [-0.2, -0.15) is 4.98 Å². The van der Waals surface area contributed by atoms with E-state index in [-0.39, 0.29) is 6.04 Å².